The lowest BCUT2D eigenvalue weighted by molar-refractivity contribution is -0.121. The highest BCUT2D eigenvalue weighted by Gasteiger charge is 2.21. The number of aryl methyl sites for hydroxylation is 1. The largest absolute Gasteiger partial charge is 0.378 e. The molecular formula is C19H24N4O3S2. The predicted molar refractivity (Wildman–Crippen MR) is 110 cm³/mol. The summed E-state index contributed by atoms with van der Waals surface area (Å²) in [7, 11) is 0. The molecule has 0 radical (unpaired) electrons. The Kier molecular flexibility index (Phi) is 5.93. The second-order valence-electron chi connectivity index (χ2n) is 7.31. The fourth-order valence-corrected chi connectivity index (χ4v) is 5.47. The summed E-state index contributed by atoms with van der Waals surface area (Å²) in [6, 6.07) is 1.96. The molecule has 150 valence electrons. The summed E-state index contributed by atoms with van der Waals surface area (Å²) < 4.78 is 5.35. The number of morpholine rings is 1. The highest BCUT2D eigenvalue weighted by Crippen LogP contribution is 2.32. The van der Waals surface area contributed by atoms with Crippen molar-refractivity contribution < 1.29 is 14.3 Å². The molecule has 2 aromatic heterocycles. The van der Waals surface area contributed by atoms with Crippen LogP contribution in [0.25, 0.3) is 0 Å². The summed E-state index contributed by atoms with van der Waals surface area (Å²) in [5, 5.41) is 2.80. The summed E-state index contributed by atoms with van der Waals surface area (Å²) in [5.74, 6) is 0.132. The van der Waals surface area contributed by atoms with E-state index >= 15 is 0 Å². The van der Waals surface area contributed by atoms with Crippen LogP contribution in [0.4, 0.5) is 5.13 Å². The number of nitrogens with zero attached hydrogens (tertiary/aromatic N) is 2. The van der Waals surface area contributed by atoms with Crippen LogP contribution in [0, 0.1) is 5.92 Å². The first-order valence-electron chi connectivity index (χ1n) is 9.56. The van der Waals surface area contributed by atoms with Crippen molar-refractivity contribution in [3.8, 4) is 0 Å². The number of thiophene rings is 1. The zero-order chi connectivity index (χ0) is 19.5. The molecule has 7 nitrogen and oxygen atoms in total. The molecule has 2 amide bonds. The van der Waals surface area contributed by atoms with Crippen LogP contribution in [0.5, 0.6) is 0 Å². The molecule has 0 unspecified atom stereocenters. The van der Waals surface area contributed by atoms with Gasteiger partial charge in [-0.3, -0.25) is 20.4 Å². The van der Waals surface area contributed by atoms with Gasteiger partial charge in [-0.05, 0) is 36.8 Å². The number of carbonyl (C=O) groups is 2. The molecule has 1 aliphatic carbocycles. The summed E-state index contributed by atoms with van der Waals surface area (Å²) in [6.45, 7) is 5.28. The Balaban J connectivity index is 1.27. The summed E-state index contributed by atoms with van der Waals surface area (Å²) in [4.78, 5) is 33.2. The Labute approximate surface area is 172 Å². The molecule has 28 heavy (non-hydrogen) atoms. The molecule has 0 saturated carbocycles. The first-order chi connectivity index (χ1) is 13.6. The van der Waals surface area contributed by atoms with Crippen molar-refractivity contribution in [2.45, 2.75) is 32.6 Å². The third-order valence-electron chi connectivity index (χ3n) is 5.03. The van der Waals surface area contributed by atoms with Crippen LogP contribution < -0.4 is 15.8 Å². The highest BCUT2D eigenvalue weighted by atomic mass is 32.1. The molecule has 3 heterocycles. The Bertz CT molecular complexity index is 857. The number of amides is 2. The standard InChI is InChI=1S/C19H24N4O3S2/c1-12-2-3-15-13(8-12)9-16(28-15)18(25)22-21-17(24)10-14-11-27-19(20-14)23-4-6-26-7-5-23/h9,11-12H,2-8,10H2,1H3,(H,21,24)(H,22,25)/t12-/m1/s1. The molecule has 1 saturated heterocycles. The molecule has 0 aromatic carbocycles. The number of aromatic nitrogens is 1. The highest BCUT2D eigenvalue weighted by molar-refractivity contribution is 7.14. The lowest BCUT2D eigenvalue weighted by Crippen LogP contribution is -2.42. The van der Waals surface area contributed by atoms with Crippen molar-refractivity contribution in [2.75, 3.05) is 31.2 Å². The fourth-order valence-electron chi connectivity index (χ4n) is 3.49. The molecule has 0 bridgehead atoms. The molecule has 2 aliphatic rings. The van der Waals surface area contributed by atoms with E-state index in [1.54, 1.807) is 0 Å². The average molecular weight is 421 g/mol. The van der Waals surface area contributed by atoms with Crippen LogP contribution in [0.15, 0.2) is 11.4 Å². The van der Waals surface area contributed by atoms with Crippen LogP contribution in [-0.2, 0) is 28.8 Å². The van der Waals surface area contributed by atoms with Crippen molar-refractivity contribution >= 4 is 39.6 Å². The second-order valence-corrected chi connectivity index (χ2v) is 9.28. The minimum atomic E-state index is -0.276. The summed E-state index contributed by atoms with van der Waals surface area (Å²) in [6.07, 6.45) is 3.38. The van der Waals surface area contributed by atoms with Crippen LogP contribution in [-0.4, -0.2) is 43.1 Å². The number of carbonyl (C=O) groups excluding carboxylic acids is 2. The van der Waals surface area contributed by atoms with Crippen molar-refractivity contribution in [1.29, 1.82) is 0 Å². The van der Waals surface area contributed by atoms with Gasteiger partial charge in [0.2, 0.25) is 5.91 Å². The second kappa shape index (κ2) is 8.59. The lowest BCUT2D eigenvalue weighted by Gasteiger charge is -2.26. The van der Waals surface area contributed by atoms with Gasteiger partial charge < -0.3 is 9.64 Å². The Morgan fingerprint density at radius 1 is 1.32 bits per heavy atom. The van der Waals surface area contributed by atoms with E-state index < -0.39 is 0 Å². The number of hydrogen-bond donors (Lipinski definition) is 2. The molecular weight excluding hydrogens is 396 g/mol. The number of rotatable bonds is 4. The third kappa shape index (κ3) is 4.53. The first kappa shape index (κ1) is 19.4. The number of ether oxygens (including phenoxy) is 1. The molecule has 2 aromatic rings. The van der Waals surface area contributed by atoms with Crippen molar-refractivity contribution in [3.05, 3.63) is 32.5 Å². The van der Waals surface area contributed by atoms with Gasteiger partial charge in [0.25, 0.3) is 5.91 Å². The number of nitrogens with one attached hydrogen (secondary N) is 2. The van der Waals surface area contributed by atoms with E-state index in [-0.39, 0.29) is 18.2 Å². The van der Waals surface area contributed by atoms with Gasteiger partial charge in [0.05, 0.1) is 30.2 Å². The normalized spacial score (nSPS) is 19.2. The molecule has 0 spiro atoms. The number of fused-ring (bicyclic) bond motifs is 1. The molecule has 4 rings (SSSR count). The van der Waals surface area contributed by atoms with E-state index in [2.05, 4.69) is 27.7 Å². The Morgan fingerprint density at radius 3 is 2.96 bits per heavy atom. The number of anilines is 1. The summed E-state index contributed by atoms with van der Waals surface area (Å²) >= 11 is 3.06. The van der Waals surface area contributed by atoms with E-state index in [9.17, 15) is 9.59 Å². The van der Waals surface area contributed by atoms with E-state index in [0.717, 1.165) is 31.1 Å². The predicted octanol–water partition coefficient (Wildman–Crippen LogP) is 2.17. The van der Waals surface area contributed by atoms with Gasteiger partial charge >= 0.3 is 0 Å². The molecule has 1 atom stereocenters. The van der Waals surface area contributed by atoms with Crippen molar-refractivity contribution in [3.63, 3.8) is 0 Å². The maximum absolute atomic E-state index is 12.4. The maximum Gasteiger partial charge on any atom is 0.279 e. The molecule has 2 N–H and O–H groups in total. The first-order valence-corrected chi connectivity index (χ1v) is 11.3. The van der Waals surface area contributed by atoms with Crippen LogP contribution >= 0.6 is 22.7 Å². The minimum Gasteiger partial charge on any atom is -0.378 e. The summed E-state index contributed by atoms with van der Waals surface area (Å²) in [5.41, 5.74) is 7.02. The van der Waals surface area contributed by atoms with Gasteiger partial charge in [0, 0.05) is 23.3 Å². The molecule has 1 fully saturated rings. The van der Waals surface area contributed by atoms with Gasteiger partial charge in [-0.1, -0.05) is 6.92 Å². The van der Waals surface area contributed by atoms with Crippen LogP contribution in [0.2, 0.25) is 0 Å². The fraction of sp³-hybridized carbons (Fsp3) is 0.526. The van der Waals surface area contributed by atoms with E-state index in [4.69, 9.17) is 4.74 Å². The SMILES string of the molecule is C[C@@H]1CCc2sc(C(=O)NNC(=O)Cc3csc(N4CCOCC4)n3)cc2C1. The monoisotopic (exact) mass is 420 g/mol. The zero-order valence-corrected chi connectivity index (χ0v) is 17.5. The average Bonchev–Trinajstić information content (AvgIpc) is 3.33. The Morgan fingerprint density at radius 2 is 2.14 bits per heavy atom. The topological polar surface area (TPSA) is 83.6 Å². The smallest absolute Gasteiger partial charge is 0.279 e. The number of hydrogen-bond acceptors (Lipinski definition) is 7. The number of hydrazine groups is 1. The van der Waals surface area contributed by atoms with Crippen molar-refractivity contribution in [2.24, 2.45) is 5.92 Å². The number of thiazole rings is 1. The molecule has 1 aliphatic heterocycles. The van der Waals surface area contributed by atoms with Gasteiger partial charge in [0.1, 0.15) is 0 Å². The Hall–Kier alpha value is -1.97. The van der Waals surface area contributed by atoms with E-state index in [0.29, 0.717) is 29.7 Å². The molecule has 9 heteroatoms. The lowest BCUT2D eigenvalue weighted by atomic mass is 9.90. The van der Waals surface area contributed by atoms with E-state index in [1.165, 1.54) is 39.5 Å². The van der Waals surface area contributed by atoms with Crippen LogP contribution in [0.1, 0.15) is 39.2 Å². The van der Waals surface area contributed by atoms with Gasteiger partial charge in [-0.15, -0.1) is 22.7 Å². The zero-order valence-electron chi connectivity index (χ0n) is 15.8. The third-order valence-corrected chi connectivity index (χ3v) is 7.22. The quantitative estimate of drug-likeness (QED) is 0.741. The van der Waals surface area contributed by atoms with Crippen molar-refractivity contribution in [1.82, 2.24) is 15.8 Å². The van der Waals surface area contributed by atoms with Crippen LogP contribution in [0.3, 0.4) is 0 Å². The maximum atomic E-state index is 12.4. The van der Waals surface area contributed by atoms with E-state index in [1.807, 2.05) is 11.4 Å². The van der Waals surface area contributed by atoms with Gasteiger partial charge in [-0.25, -0.2) is 4.98 Å². The van der Waals surface area contributed by atoms with Gasteiger partial charge in [0.15, 0.2) is 5.13 Å². The minimum absolute atomic E-state index is 0.138. The van der Waals surface area contributed by atoms with Gasteiger partial charge in [-0.2, -0.15) is 0 Å².